The first-order chi connectivity index (χ1) is 12.1. The van der Waals surface area contributed by atoms with Gasteiger partial charge in [-0.05, 0) is 37.1 Å². The summed E-state index contributed by atoms with van der Waals surface area (Å²) in [7, 11) is 0. The number of rotatable bonds is 3. The molecule has 0 bridgehead atoms. The molecule has 5 nitrogen and oxygen atoms in total. The zero-order chi connectivity index (χ0) is 17.4. The van der Waals surface area contributed by atoms with E-state index in [0.29, 0.717) is 27.7 Å². The SMILES string of the molecule is CC1Cc2ccccc2N1c1cnnc(Nc2cccc(Cl)c2Cl)n1. The number of halogens is 2. The van der Waals surface area contributed by atoms with Crippen LogP contribution >= 0.6 is 23.2 Å². The van der Waals surface area contributed by atoms with Gasteiger partial charge in [0.1, 0.15) is 0 Å². The first-order valence-electron chi connectivity index (χ1n) is 7.91. The number of hydrogen-bond donors (Lipinski definition) is 1. The van der Waals surface area contributed by atoms with Gasteiger partial charge in [0.2, 0.25) is 5.95 Å². The van der Waals surface area contributed by atoms with E-state index in [1.807, 2.05) is 18.2 Å². The van der Waals surface area contributed by atoms with Crippen LogP contribution in [0.5, 0.6) is 0 Å². The van der Waals surface area contributed by atoms with Crippen LogP contribution in [0, 0.1) is 0 Å². The van der Waals surface area contributed by atoms with Crippen LogP contribution < -0.4 is 10.2 Å². The minimum Gasteiger partial charge on any atom is -0.322 e. The Balaban J connectivity index is 1.67. The molecule has 1 aliphatic rings. The molecule has 2 heterocycles. The van der Waals surface area contributed by atoms with E-state index in [-0.39, 0.29) is 0 Å². The van der Waals surface area contributed by atoms with Gasteiger partial charge in [0.25, 0.3) is 0 Å². The fourth-order valence-electron chi connectivity index (χ4n) is 3.10. The van der Waals surface area contributed by atoms with Crippen LogP contribution in [0.2, 0.25) is 10.0 Å². The molecule has 0 radical (unpaired) electrons. The van der Waals surface area contributed by atoms with Gasteiger partial charge in [-0.2, -0.15) is 10.1 Å². The normalized spacial score (nSPS) is 16.0. The van der Waals surface area contributed by atoms with Crippen molar-refractivity contribution in [3.05, 3.63) is 64.3 Å². The van der Waals surface area contributed by atoms with Crippen molar-refractivity contribution in [1.82, 2.24) is 15.2 Å². The molecular weight excluding hydrogens is 357 g/mol. The maximum absolute atomic E-state index is 6.22. The van der Waals surface area contributed by atoms with Crippen molar-refractivity contribution < 1.29 is 0 Å². The van der Waals surface area contributed by atoms with Gasteiger partial charge in [-0.3, -0.25) is 0 Å². The first kappa shape index (κ1) is 16.1. The number of fused-ring (bicyclic) bond motifs is 1. The lowest BCUT2D eigenvalue weighted by atomic mass is 10.1. The Hall–Kier alpha value is -2.37. The molecule has 1 N–H and O–H groups in total. The Morgan fingerprint density at radius 1 is 1.12 bits per heavy atom. The van der Waals surface area contributed by atoms with Crippen LogP contribution in [0.15, 0.2) is 48.7 Å². The molecule has 0 spiro atoms. The van der Waals surface area contributed by atoms with E-state index in [1.54, 1.807) is 12.3 Å². The topological polar surface area (TPSA) is 53.9 Å². The molecule has 2 aromatic carbocycles. The van der Waals surface area contributed by atoms with Crippen LogP contribution in [0.3, 0.4) is 0 Å². The lowest BCUT2D eigenvalue weighted by Gasteiger charge is -2.23. The summed E-state index contributed by atoms with van der Waals surface area (Å²) in [5, 5.41) is 12.1. The second kappa shape index (κ2) is 6.50. The van der Waals surface area contributed by atoms with Crippen LogP contribution in [-0.4, -0.2) is 21.2 Å². The van der Waals surface area contributed by atoms with Crippen molar-refractivity contribution in [3.8, 4) is 0 Å². The summed E-state index contributed by atoms with van der Waals surface area (Å²) in [6.07, 6.45) is 2.65. The molecule has 0 saturated heterocycles. The summed E-state index contributed by atoms with van der Waals surface area (Å²) in [5.41, 5.74) is 3.10. The fourth-order valence-corrected chi connectivity index (χ4v) is 3.45. The van der Waals surface area contributed by atoms with E-state index < -0.39 is 0 Å². The molecule has 4 rings (SSSR count). The highest BCUT2D eigenvalue weighted by molar-refractivity contribution is 6.43. The molecule has 25 heavy (non-hydrogen) atoms. The number of nitrogens with zero attached hydrogens (tertiary/aromatic N) is 4. The van der Waals surface area contributed by atoms with Gasteiger partial charge in [0.05, 0.1) is 21.9 Å². The van der Waals surface area contributed by atoms with E-state index in [1.165, 1.54) is 5.56 Å². The van der Waals surface area contributed by atoms with Crippen LogP contribution in [0.1, 0.15) is 12.5 Å². The molecule has 0 aliphatic carbocycles. The number of para-hydroxylation sites is 1. The molecule has 1 atom stereocenters. The maximum atomic E-state index is 6.22. The van der Waals surface area contributed by atoms with E-state index >= 15 is 0 Å². The molecule has 0 saturated carbocycles. The van der Waals surface area contributed by atoms with Gasteiger partial charge in [-0.1, -0.05) is 47.5 Å². The summed E-state index contributed by atoms with van der Waals surface area (Å²) < 4.78 is 0. The van der Waals surface area contributed by atoms with Crippen LogP contribution in [0.4, 0.5) is 23.1 Å². The summed E-state index contributed by atoms with van der Waals surface area (Å²) >= 11 is 12.3. The third-order valence-corrected chi connectivity index (χ3v) is 5.02. The Kier molecular flexibility index (Phi) is 4.19. The number of benzene rings is 2. The Morgan fingerprint density at radius 3 is 2.84 bits per heavy atom. The zero-order valence-corrected chi connectivity index (χ0v) is 15.0. The average Bonchev–Trinajstić information content (AvgIpc) is 2.95. The molecule has 0 amide bonds. The second-order valence-corrected chi connectivity index (χ2v) is 6.70. The first-order valence-corrected chi connectivity index (χ1v) is 8.67. The molecule has 1 aromatic heterocycles. The summed E-state index contributed by atoms with van der Waals surface area (Å²) in [5.74, 6) is 1.12. The van der Waals surface area contributed by atoms with Crippen molar-refractivity contribution in [1.29, 1.82) is 0 Å². The van der Waals surface area contributed by atoms with Crippen molar-refractivity contribution in [2.75, 3.05) is 10.2 Å². The van der Waals surface area contributed by atoms with Gasteiger partial charge in [0.15, 0.2) is 5.82 Å². The quantitative estimate of drug-likeness (QED) is 0.701. The predicted molar refractivity (Wildman–Crippen MR) is 101 cm³/mol. The van der Waals surface area contributed by atoms with Crippen LogP contribution in [0.25, 0.3) is 0 Å². The summed E-state index contributed by atoms with van der Waals surface area (Å²) in [6.45, 7) is 2.17. The Bertz CT molecular complexity index is 931. The lowest BCUT2D eigenvalue weighted by molar-refractivity contribution is 0.745. The Morgan fingerprint density at radius 2 is 1.96 bits per heavy atom. The van der Waals surface area contributed by atoms with Gasteiger partial charge in [-0.15, -0.1) is 5.10 Å². The largest absolute Gasteiger partial charge is 0.322 e. The predicted octanol–water partition coefficient (Wildman–Crippen LogP) is 5.00. The van der Waals surface area contributed by atoms with Gasteiger partial charge < -0.3 is 10.2 Å². The fraction of sp³-hybridized carbons (Fsp3) is 0.167. The number of aromatic nitrogens is 3. The molecule has 3 aromatic rings. The maximum Gasteiger partial charge on any atom is 0.249 e. The van der Waals surface area contributed by atoms with Crippen molar-refractivity contribution >= 4 is 46.3 Å². The van der Waals surface area contributed by atoms with E-state index in [2.05, 4.69) is 50.5 Å². The second-order valence-electron chi connectivity index (χ2n) is 5.92. The molecule has 0 fully saturated rings. The van der Waals surface area contributed by atoms with Crippen molar-refractivity contribution in [3.63, 3.8) is 0 Å². The summed E-state index contributed by atoms with van der Waals surface area (Å²) in [6, 6.07) is 14.0. The highest BCUT2D eigenvalue weighted by atomic mass is 35.5. The third-order valence-electron chi connectivity index (χ3n) is 4.20. The van der Waals surface area contributed by atoms with Crippen molar-refractivity contribution in [2.45, 2.75) is 19.4 Å². The number of hydrogen-bond acceptors (Lipinski definition) is 5. The summed E-state index contributed by atoms with van der Waals surface area (Å²) in [4.78, 5) is 6.78. The van der Waals surface area contributed by atoms with Gasteiger partial charge in [-0.25, -0.2) is 0 Å². The monoisotopic (exact) mass is 371 g/mol. The van der Waals surface area contributed by atoms with Gasteiger partial charge in [0, 0.05) is 11.7 Å². The van der Waals surface area contributed by atoms with Crippen LogP contribution in [-0.2, 0) is 6.42 Å². The minimum atomic E-state index is 0.303. The smallest absolute Gasteiger partial charge is 0.249 e. The molecule has 7 heteroatoms. The third kappa shape index (κ3) is 3.01. The number of anilines is 4. The Labute approximate surface area is 155 Å². The molecule has 126 valence electrons. The molecule has 1 aliphatic heterocycles. The average molecular weight is 372 g/mol. The van der Waals surface area contributed by atoms with Gasteiger partial charge >= 0.3 is 0 Å². The number of nitrogens with one attached hydrogen (secondary N) is 1. The van der Waals surface area contributed by atoms with Crippen molar-refractivity contribution in [2.24, 2.45) is 0 Å². The molecular formula is C18H15Cl2N5. The minimum absolute atomic E-state index is 0.303. The lowest BCUT2D eigenvalue weighted by Crippen LogP contribution is -2.25. The van der Waals surface area contributed by atoms with E-state index in [0.717, 1.165) is 17.9 Å². The highest BCUT2D eigenvalue weighted by Crippen LogP contribution is 2.37. The standard InChI is InChI=1S/C18H15Cl2N5/c1-11-9-12-5-2-3-8-15(12)25(11)16-10-21-24-18(23-16)22-14-7-4-6-13(19)17(14)20/h2-8,10-11H,9H2,1H3,(H,22,23,24). The zero-order valence-electron chi connectivity index (χ0n) is 13.4. The van der Waals surface area contributed by atoms with E-state index in [9.17, 15) is 0 Å². The highest BCUT2D eigenvalue weighted by Gasteiger charge is 2.28. The van der Waals surface area contributed by atoms with E-state index in [4.69, 9.17) is 23.2 Å². The molecule has 1 unspecified atom stereocenters.